The summed E-state index contributed by atoms with van der Waals surface area (Å²) in [6.07, 6.45) is 1.99. The summed E-state index contributed by atoms with van der Waals surface area (Å²) in [6.45, 7) is 1.99. The molecule has 0 aliphatic carbocycles. The SMILES string of the molecule is CCOC(=O)c1cc(-c2ccc(SC)s2)n(-c2ccc([N+](=O)[O-])cc2)n1. The number of rotatable bonds is 6. The van der Waals surface area contributed by atoms with Crippen LogP contribution in [0.25, 0.3) is 16.3 Å². The molecule has 0 spiro atoms. The number of nitro benzene ring substituents is 1. The first-order chi connectivity index (χ1) is 12.5. The smallest absolute Gasteiger partial charge is 0.358 e. The summed E-state index contributed by atoms with van der Waals surface area (Å²) in [5, 5.41) is 15.2. The molecule has 0 unspecified atom stereocenters. The van der Waals surface area contributed by atoms with Crippen molar-refractivity contribution in [1.82, 2.24) is 9.78 Å². The van der Waals surface area contributed by atoms with Crippen LogP contribution >= 0.6 is 23.1 Å². The molecule has 2 aromatic heterocycles. The Hall–Kier alpha value is -2.65. The number of ether oxygens (including phenoxy) is 1. The van der Waals surface area contributed by atoms with E-state index in [0.29, 0.717) is 5.69 Å². The predicted molar refractivity (Wildman–Crippen MR) is 101 cm³/mol. The molecule has 0 saturated carbocycles. The Balaban J connectivity index is 2.09. The number of thiophene rings is 1. The molecule has 0 radical (unpaired) electrons. The number of hydrogen-bond acceptors (Lipinski definition) is 7. The minimum Gasteiger partial charge on any atom is -0.461 e. The van der Waals surface area contributed by atoms with Gasteiger partial charge in [0.25, 0.3) is 5.69 Å². The van der Waals surface area contributed by atoms with Crippen LogP contribution in [-0.2, 0) is 4.74 Å². The second kappa shape index (κ2) is 7.71. The molecule has 7 nitrogen and oxygen atoms in total. The van der Waals surface area contributed by atoms with Gasteiger partial charge in [0, 0.05) is 18.2 Å². The molecule has 0 aliphatic heterocycles. The molecule has 3 aromatic rings. The second-order valence-corrected chi connectivity index (χ2v) is 7.33. The number of nitro groups is 1. The largest absolute Gasteiger partial charge is 0.461 e. The van der Waals surface area contributed by atoms with E-state index in [0.717, 1.165) is 14.8 Å². The highest BCUT2D eigenvalue weighted by molar-refractivity contribution is 8.00. The lowest BCUT2D eigenvalue weighted by Crippen LogP contribution is -2.06. The number of esters is 1. The molecule has 2 heterocycles. The number of thioether (sulfide) groups is 1. The Morgan fingerprint density at radius 1 is 1.31 bits per heavy atom. The van der Waals surface area contributed by atoms with E-state index < -0.39 is 10.9 Å². The molecule has 0 amide bonds. The van der Waals surface area contributed by atoms with Crippen LogP contribution in [-0.4, -0.2) is 33.5 Å². The Bertz CT molecular complexity index is 947. The van der Waals surface area contributed by atoms with E-state index in [2.05, 4.69) is 5.10 Å². The van der Waals surface area contributed by atoms with Crippen LogP contribution in [0.4, 0.5) is 5.69 Å². The molecule has 3 rings (SSSR count). The van der Waals surface area contributed by atoms with E-state index in [9.17, 15) is 14.9 Å². The zero-order chi connectivity index (χ0) is 18.7. The molecule has 0 bridgehead atoms. The number of carbonyl (C=O) groups excluding carboxylic acids is 1. The monoisotopic (exact) mass is 389 g/mol. The van der Waals surface area contributed by atoms with Gasteiger partial charge in [-0.25, -0.2) is 9.48 Å². The van der Waals surface area contributed by atoms with Crippen molar-refractivity contribution in [3.8, 4) is 16.3 Å². The number of nitrogens with zero attached hydrogens (tertiary/aromatic N) is 3. The number of carbonyl (C=O) groups is 1. The third kappa shape index (κ3) is 3.63. The Morgan fingerprint density at radius 2 is 2.04 bits per heavy atom. The molecule has 0 saturated heterocycles. The summed E-state index contributed by atoms with van der Waals surface area (Å²) in [7, 11) is 0. The molecule has 0 aliphatic rings. The van der Waals surface area contributed by atoms with E-state index in [1.54, 1.807) is 52.9 Å². The van der Waals surface area contributed by atoms with Crippen LogP contribution in [0.1, 0.15) is 17.4 Å². The van der Waals surface area contributed by atoms with Crippen LogP contribution in [0, 0.1) is 10.1 Å². The molecule has 0 N–H and O–H groups in total. The number of non-ortho nitro benzene ring substituents is 1. The van der Waals surface area contributed by atoms with Gasteiger partial charge in [-0.15, -0.1) is 23.1 Å². The average Bonchev–Trinajstić information content (AvgIpc) is 3.28. The highest BCUT2D eigenvalue weighted by atomic mass is 32.2. The fraction of sp³-hybridized carbons (Fsp3) is 0.176. The first-order valence-corrected chi connectivity index (χ1v) is 9.73. The lowest BCUT2D eigenvalue weighted by atomic mass is 10.2. The van der Waals surface area contributed by atoms with Crippen molar-refractivity contribution >= 4 is 34.8 Å². The van der Waals surface area contributed by atoms with E-state index in [-0.39, 0.29) is 18.0 Å². The zero-order valence-corrected chi connectivity index (χ0v) is 15.7. The van der Waals surface area contributed by atoms with Crippen LogP contribution in [0.5, 0.6) is 0 Å². The van der Waals surface area contributed by atoms with Crippen LogP contribution < -0.4 is 0 Å². The van der Waals surface area contributed by atoms with Crippen molar-refractivity contribution in [1.29, 1.82) is 0 Å². The number of benzene rings is 1. The van der Waals surface area contributed by atoms with Crippen molar-refractivity contribution < 1.29 is 14.5 Å². The first kappa shape index (κ1) is 18.2. The molecule has 9 heteroatoms. The summed E-state index contributed by atoms with van der Waals surface area (Å²) >= 11 is 3.22. The lowest BCUT2D eigenvalue weighted by Gasteiger charge is -2.05. The predicted octanol–water partition coefficient (Wildman–Crippen LogP) is 4.41. The van der Waals surface area contributed by atoms with Crippen LogP contribution in [0.2, 0.25) is 0 Å². The maximum absolute atomic E-state index is 12.1. The number of aromatic nitrogens is 2. The minimum atomic E-state index is -0.504. The highest BCUT2D eigenvalue weighted by Gasteiger charge is 2.19. The second-order valence-electron chi connectivity index (χ2n) is 5.14. The van der Waals surface area contributed by atoms with E-state index in [1.165, 1.54) is 12.1 Å². The minimum absolute atomic E-state index is 0.00568. The molecule has 0 atom stereocenters. The molecule has 26 heavy (non-hydrogen) atoms. The zero-order valence-electron chi connectivity index (χ0n) is 14.0. The first-order valence-electron chi connectivity index (χ1n) is 7.69. The summed E-state index contributed by atoms with van der Waals surface area (Å²) in [5.74, 6) is -0.504. The van der Waals surface area contributed by atoms with Gasteiger partial charge >= 0.3 is 5.97 Å². The van der Waals surface area contributed by atoms with Gasteiger partial charge < -0.3 is 4.74 Å². The average molecular weight is 389 g/mol. The van der Waals surface area contributed by atoms with E-state index in [4.69, 9.17) is 4.74 Å². The van der Waals surface area contributed by atoms with Gasteiger partial charge in [-0.2, -0.15) is 5.10 Å². The van der Waals surface area contributed by atoms with Gasteiger partial charge in [-0.1, -0.05) is 0 Å². The van der Waals surface area contributed by atoms with Crippen molar-refractivity contribution in [2.45, 2.75) is 11.1 Å². The topological polar surface area (TPSA) is 87.3 Å². The fourth-order valence-electron chi connectivity index (χ4n) is 2.34. The molecular formula is C17H15N3O4S2. The standard InChI is InChI=1S/C17H15N3O4S2/c1-3-24-17(21)13-10-14(15-8-9-16(25-2)26-15)19(18-13)11-4-6-12(7-5-11)20(22)23/h4-10H,3H2,1-2H3. The van der Waals surface area contributed by atoms with Gasteiger partial charge in [0.05, 0.1) is 32.0 Å². The molecule has 0 fully saturated rings. The number of hydrogen-bond donors (Lipinski definition) is 0. The maximum Gasteiger partial charge on any atom is 0.358 e. The third-order valence-corrected chi connectivity index (χ3v) is 5.72. The quantitative estimate of drug-likeness (QED) is 0.269. The van der Waals surface area contributed by atoms with E-state index in [1.807, 2.05) is 18.4 Å². The van der Waals surface area contributed by atoms with Crippen molar-refractivity contribution in [3.05, 3.63) is 58.3 Å². The maximum atomic E-state index is 12.1. The summed E-state index contributed by atoms with van der Waals surface area (Å²) in [5.41, 5.74) is 1.54. The van der Waals surface area contributed by atoms with Crippen LogP contribution in [0.15, 0.2) is 46.7 Å². The van der Waals surface area contributed by atoms with Crippen molar-refractivity contribution in [2.24, 2.45) is 0 Å². The third-order valence-electron chi connectivity index (χ3n) is 3.53. The normalized spacial score (nSPS) is 10.7. The summed E-state index contributed by atoms with van der Waals surface area (Å²) < 4.78 is 7.78. The van der Waals surface area contributed by atoms with E-state index >= 15 is 0 Å². The molecular weight excluding hydrogens is 374 g/mol. The Morgan fingerprint density at radius 3 is 2.62 bits per heavy atom. The Labute approximate surface area is 157 Å². The highest BCUT2D eigenvalue weighted by Crippen LogP contribution is 2.34. The molecule has 1 aromatic carbocycles. The van der Waals surface area contributed by atoms with Crippen molar-refractivity contribution in [3.63, 3.8) is 0 Å². The summed E-state index contributed by atoms with van der Waals surface area (Å²) in [4.78, 5) is 23.4. The van der Waals surface area contributed by atoms with Crippen molar-refractivity contribution in [2.75, 3.05) is 12.9 Å². The van der Waals surface area contributed by atoms with Gasteiger partial charge in [-0.05, 0) is 37.4 Å². The lowest BCUT2D eigenvalue weighted by molar-refractivity contribution is -0.384. The van der Waals surface area contributed by atoms with Crippen LogP contribution in [0.3, 0.4) is 0 Å². The Kier molecular flexibility index (Phi) is 5.38. The van der Waals surface area contributed by atoms with Gasteiger partial charge in [0.2, 0.25) is 0 Å². The molecule has 134 valence electrons. The van der Waals surface area contributed by atoms with Gasteiger partial charge in [0.1, 0.15) is 0 Å². The summed E-state index contributed by atoms with van der Waals surface area (Å²) in [6, 6.07) is 11.7. The fourth-order valence-corrected chi connectivity index (χ4v) is 3.89. The van der Waals surface area contributed by atoms with Gasteiger partial charge in [0.15, 0.2) is 5.69 Å². The van der Waals surface area contributed by atoms with Gasteiger partial charge in [-0.3, -0.25) is 10.1 Å².